The SMILES string of the molecule is Cc1cccc(CC(c2ccc(C(F)(F)F)cc2)c2ccc3cccnc3c2O)n1. The van der Waals surface area contributed by atoms with Gasteiger partial charge in [0.15, 0.2) is 0 Å². The minimum absolute atomic E-state index is 0.0330. The van der Waals surface area contributed by atoms with Gasteiger partial charge < -0.3 is 5.11 Å². The highest BCUT2D eigenvalue weighted by molar-refractivity contribution is 5.85. The van der Waals surface area contributed by atoms with Gasteiger partial charge in [0, 0.05) is 40.9 Å². The van der Waals surface area contributed by atoms with E-state index in [1.165, 1.54) is 12.1 Å². The summed E-state index contributed by atoms with van der Waals surface area (Å²) in [6, 6.07) is 18.0. The van der Waals surface area contributed by atoms with Crippen molar-refractivity contribution >= 4 is 10.9 Å². The largest absolute Gasteiger partial charge is 0.505 e. The van der Waals surface area contributed by atoms with Gasteiger partial charge >= 0.3 is 6.18 Å². The fraction of sp³-hybridized carbons (Fsp3) is 0.167. The summed E-state index contributed by atoms with van der Waals surface area (Å²) in [5, 5.41) is 11.7. The van der Waals surface area contributed by atoms with Crippen LogP contribution in [0.1, 0.15) is 34.0 Å². The molecule has 1 N–H and O–H groups in total. The Morgan fingerprint density at radius 3 is 2.40 bits per heavy atom. The molecule has 0 aliphatic carbocycles. The van der Waals surface area contributed by atoms with Crippen LogP contribution in [0.25, 0.3) is 10.9 Å². The molecule has 1 unspecified atom stereocenters. The second-order valence-electron chi connectivity index (χ2n) is 7.23. The Balaban J connectivity index is 1.82. The number of phenolic OH excluding ortho intramolecular Hbond substituents is 1. The number of nitrogens with zero attached hydrogens (tertiary/aromatic N) is 2. The zero-order valence-electron chi connectivity index (χ0n) is 16.2. The molecule has 30 heavy (non-hydrogen) atoms. The minimum Gasteiger partial charge on any atom is -0.505 e. The second-order valence-corrected chi connectivity index (χ2v) is 7.23. The minimum atomic E-state index is -4.40. The number of benzene rings is 2. The molecule has 4 rings (SSSR count). The molecule has 2 aromatic heterocycles. The first-order valence-electron chi connectivity index (χ1n) is 9.49. The fourth-order valence-electron chi connectivity index (χ4n) is 3.66. The first-order valence-corrected chi connectivity index (χ1v) is 9.49. The van der Waals surface area contributed by atoms with E-state index in [0.717, 1.165) is 28.9 Å². The Labute approximate surface area is 171 Å². The monoisotopic (exact) mass is 408 g/mol. The third kappa shape index (κ3) is 3.99. The van der Waals surface area contributed by atoms with Crippen LogP contribution >= 0.6 is 0 Å². The number of hydrogen-bond acceptors (Lipinski definition) is 3. The second kappa shape index (κ2) is 7.78. The Bertz CT molecular complexity index is 1190. The summed E-state index contributed by atoms with van der Waals surface area (Å²) in [4.78, 5) is 8.81. The van der Waals surface area contributed by atoms with E-state index in [-0.39, 0.29) is 11.7 Å². The average molecular weight is 408 g/mol. The lowest BCUT2D eigenvalue weighted by Gasteiger charge is -2.20. The highest BCUT2D eigenvalue weighted by atomic mass is 19.4. The molecule has 152 valence electrons. The molecule has 2 heterocycles. The molecule has 0 radical (unpaired) electrons. The number of aromatic hydroxyl groups is 1. The number of rotatable bonds is 4. The number of aryl methyl sites for hydroxylation is 1. The van der Waals surface area contributed by atoms with Crippen LogP contribution in [0.15, 0.2) is 72.9 Å². The van der Waals surface area contributed by atoms with E-state index in [0.29, 0.717) is 23.1 Å². The van der Waals surface area contributed by atoms with Gasteiger partial charge in [-0.1, -0.05) is 36.4 Å². The van der Waals surface area contributed by atoms with Crippen molar-refractivity contribution < 1.29 is 18.3 Å². The van der Waals surface area contributed by atoms with Gasteiger partial charge in [0.25, 0.3) is 0 Å². The first-order chi connectivity index (χ1) is 14.3. The van der Waals surface area contributed by atoms with Gasteiger partial charge in [-0.15, -0.1) is 0 Å². The molecule has 0 aliphatic rings. The Hall–Kier alpha value is -3.41. The van der Waals surface area contributed by atoms with E-state index in [1.807, 2.05) is 37.3 Å². The standard InChI is InChI=1S/C24H19F3N2O/c1-15-4-2-6-19(29-15)14-21(16-7-10-18(11-8-16)24(25,26)27)20-12-9-17-5-3-13-28-22(17)23(20)30/h2-13,21,30H,14H2,1H3. The number of fused-ring (bicyclic) bond motifs is 1. The maximum absolute atomic E-state index is 13.0. The van der Waals surface area contributed by atoms with Gasteiger partial charge in [-0.3, -0.25) is 9.97 Å². The van der Waals surface area contributed by atoms with Crippen molar-refractivity contribution in [1.82, 2.24) is 9.97 Å². The van der Waals surface area contributed by atoms with E-state index < -0.39 is 11.7 Å². The summed E-state index contributed by atoms with van der Waals surface area (Å²) < 4.78 is 39.0. The third-order valence-electron chi connectivity index (χ3n) is 5.15. The summed E-state index contributed by atoms with van der Waals surface area (Å²) in [6.45, 7) is 1.88. The molecular weight excluding hydrogens is 389 g/mol. The van der Waals surface area contributed by atoms with E-state index in [4.69, 9.17) is 0 Å². The third-order valence-corrected chi connectivity index (χ3v) is 5.15. The van der Waals surface area contributed by atoms with Crippen LogP contribution < -0.4 is 0 Å². The molecule has 0 bridgehead atoms. The molecule has 0 aliphatic heterocycles. The molecule has 6 heteroatoms. The van der Waals surface area contributed by atoms with Crippen LogP contribution in [0.2, 0.25) is 0 Å². The predicted molar refractivity (Wildman–Crippen MR) is 109 cm³/mol. The van der Waals surface area contributed by atoms with Crippen molar-refractivity contribution in [2.24, 2.45) is 0 Å². The quantitative estimate of drug-likeness (QED) is 0.448. The number of hydrogen-bond donors (Lipinski definition) is 1. The smallest absolute Gasteiger partial charge is 0.416 e. The maximum atomic E-state index is 13.0. The number of halogens is 3. The molecule has 3 nitrogen and oxygen atoms in total. The Morgan fingerprint density at radius 1 is 0.933 bits per heavy atom. The van der Waals surface area contributed by atoms with Crippen LogP contribution in [0.4, 0.5) is 13.2 Å². The zero-order chi connectivity index (χ0) is 21.3. The molecule has 0 saturated heterocycles. The number of pyridine rings is 2. The number of alkyl halides is 3. The van der Waals surface area contributed by atoms with Crippen molar-refractivity contribution in [3.05, 3.63) is 101 Å². The van der Waals surface area contributed by atoms with Crippen molar-refractivity contribution in [1.29, 1.82) is 0 Å². The molecule has 4 aromatic rings. The lowest BCUT2D eigenvalue weighted by Crippen LogP contribution is -2.09. The summed E-state index contributed by atoms with van der Waals surface area (Å²) in [5.41, 5.74) is 2.66. The van der Waals surface area contributed by atoms with Gasteiger partial charge in [0.1, 0.15) is 11.3 Å². The highest BCUT2D eigenvalue weighted by Crippen LogP contribution is 2.38. The van der Waals surface area contributed by atoms with Gasteiger partial charge in [-0.25, -0.2) is 0 Å². The van der Waals surface area contributed by atoms with Crippen LogP contribution in [-0.4, -0.2) is 15.1 Å². The van der Waals surface area contributed by atoms with Gasteiger partial charge in [-0.05, 0) is 42.8 Å². The molecule has 0 saturated carbocycles. The fourth-order valence-corrected chi connectivity index (χ4v) is 3.66. The molecule has 0 fully saturated rings. The van der Waals surface area contributed by atoms with Crippen LogP contribution in [0.3, 0.4) is 0 Å². The van der Waals surface area contributed by atoms with Crippen LogP contribution in [-0.2, 0) is 12.6 Å². The Morgan fingerprint density at radius 2 is 1.70 bits per heavy atom. The number of phenols is 1. The lowest BCUT2D eigenvalue weighted by molar-refractivity contribution is -0.137. The molecule has 1 atom stereocenters. The molecule has 2 aromatic carbocycles. The summed E-state index contributed by atoms with van der Waals surface area (Å²) in [7, 11) is 0. The molecule has 0 spiro atoms. The van der Waals surface area contributed by atoms with Crippen molar-refractivity contribution in [2.75, 3.05) is 0 Å². The first kappa shape index (κ1) is 19.9. The summed E-state index contributed by atoms with van der Waals surface area (Å²) in [5.74, 6) is -0.348. The van der Waals surface area contributed by atoms with E-state index in [9.17, 15) is 18.3 Å². The van der Waals surface area contributed by atoms with Gasteiger partial charge in [0.05, 0.1) is 5.56 Å². The Kier molecular flexibility index (Phi) is 5.16. The predicted octanol–water partition coefficient (Wildman–Crippen LogP) is 6.04. The highest BCUT2D eigenvalue weighted by Gasteiger charge is 2.30. The van der Waals surface area contributed by atoms with E-state index in [1.54, 1.807) is 18.3 Å². The van der Waals surface area contributed by atoms with Crippen LogP contribution in [0.5, 0.6) is 5.75 Å². The van der Waals surface area contributed by atoms with Crippen molar-refractivity contribution in [2.45, 2.75) is 25.4 Å². The van der Waals surface area contributed by atoms with Crippen molar-refractivity contribution in [3.8, 4) is 5.75 Å². The van der Waals surface area contributed by atoms with Crippen molar-refractivity contribution in [3.63, 3.8) is 0 Å². The normalized spacial score (nSPS) is 12.8. The summed E-state index contributed by atoms with van der Waals surface area (Å²) >= 11 is 0. The number of aromatic nitrogens is 2. The zero-order valence-corrected chi connectivity index (χ0v) is 16.2. The average Bonchev–Trinajstić information content (AvgIpc) is 2.72. The van der Waals surface area contributed by atoms with E-state index >= 15 is 0 Å². The summed E-state index contributed by atoms with van der Waals surface area (Å²) in [6.07, 6.45) is -2.37. The van der Waals surface area contributed by atoms with Gasteiger partial charge in [0.2, 0.25) is 0 Å². The van der Waals surface area contributed by atoms with Gasteiger partial charge in [-0.2, -0.15) is 13.2 Å². The van der Waals surface area contributed by atoms with Crippen LogP contribution in [0, 0.1) is 6.92 Å². The van der Waals surface area contributed by atoms with E-state index in [2.05, 4.69) is 9.97 Å². The molecular formula is C24H19F3N2O. The lowest BCUT2D eigenvalue weighted by atomic mass is 9.85. The molecule has 0 amide bonds. The maximum Gasteiger partial charge on any atom is 0.416 e. The topological polar surface area (TPSA) is 46.0 Å².